The Morgan fingerprint density at radius 2 is 2.00 bits per heavy atom. The van der Waals surface area contributed by atoms with Gasteiger partial charge in [-0.2, -0.15) is 5.10 Å². The van der Waals surface area contributed by atoms with Crippen molar-refractivity contribution >= 4 is 17.5 Å². The number of hydrogen-bond donors (Lipinski definition) is 1. The van der Waals surface area contributed by atoms with Crippen LogP contribution in [-0.4, -0.2) is 39.7 Å². The van der Waals surface area contributed by atoms with E-state index in [0.29, 0.717) is 23.7 Å². The molecule has 1 unspecified atom stereocenters. The first-order valence-corrected chi connectivity index (χ1v) is 8.53. The molecule has 1 aliphatic heterocycles. The van der Waals surface area contributed by atoms with Crippen molar-refractivity contribution in [2.75, 3.05) is 13.1 Å². The number of rotatable bonds is 2. The van der Waals surface area contributed by atoms with E-state index in [2.05, 4.69) is 18.9 Å². The second-order valence-electron chi connectivity index (χ2n) is 7.16. The Balaban J connectivity index is 1.85. The number of carbonyl (C=O) groups excluding carboxylic acids is 1. The van der Waals surface area contributed by atoms with Gasteiger partial charge >= 0.3 is 0 Å². The highest BCUT2D eigenvalue weighted by molar-refractivity contribution is 6.30. The van der Waals surface area contributed by atoms with Crippen molar-refractivity contribution in [2.24, 2.45) is 11.1 Å². The van der Waals surface area contributed by atoms with Gasteiger partial charge in [-0.25, -0.2) is 4.68 Å². The summed E-state index contributed by atoms with van der Waals surface area (Å²) in [6, 6.07) is 7.51. The first-order chi connectivity index (χ1) is 11.3. The molecule has 1 atom stereocenters. The molecule has 0 bridgehead atoms. The average molecular weight is 347 g/mol. The Hall–Kier alpha value is -1.85. The van der Waals surface area contributed by atoms with Gasteiger partial charge in [-0.3, -0.25) is 4.79 Å². The number of halogens is 1. The van der Waals surface area contributed by atoms with Crippen LogP contribution in [0.5, 0.6) is 0 Å². The number of aryl methyl sites for hydroxylation is 1. The molecule has 24 heavy (non-hydrogen) atoms. The monoisotopic (exact) mass is 346 g/mol. The largest absolute Gasteiger partial charge is 0.338 e. The molecule has 1 fully saturated rings. The van der Waals surface area contributed by atoms with Gasteiger partial charge in [0.2, 0.25) is 0 Å². The van der Waals surface area contributed by atoms with Crippen LogP contribution in [0.25, 0.3) is 5.69 Å². The highest BCUT2D eigenvalue weighted by Crippen LogP contribution is 2.29. The van der Waals surface area contributed by atoms with Crippen LogP contribution in [0.1, 0.15) is 36.3 Å². The van der Waals surface area contributed by atoms with Crippen molar-refractivity contribution in [1.82, 2.24) is 14.7 Å². The molecule has 2 heterocycles. The highest BCUT2D eigenvalue weighted by Gasteiger charge is 2.36. The van der Waals surface area contributed by atoms with Crippen molar-refractivity contribution in [2.45, 2.75) is 33.2 Å². The molecule has 5 nitrogen and oxygen atoms in total. The first-order valence-electron chi connectivity index (χ1n) is 8.15. The van der Waals surface area contributed by atoms with E-state index >= 15 is 0 Å². The lowest BCUT2D eigenvalue weighted by Crippen LogP contribution is -2.54. The average Bonchev–Trinajstić information content (AvgIpc) is 2.92. The SMILES string of the molecule is Cc1nn(-c2ccc(Cl)cc2)cc1C(=O)N1CCC(N)C(C)(C)C1. The van der Waals surface area contributed by atoms with Crippen molar-refractivity contribution in [1.29, 1.82) is 0 Å². The number of carbonyl (C=O) groups is 1. The van der Waals surface area contributed by atoms with Crippen molar-refractivity contribution in [3.8, 4) is 5.69 Å². The number of amides is 1. The summed E-state index contributed by atoms with van der Waals surface area (Å²) >= 11 is 5.93. The van der Waals surface area contributed by atoms with Gasteiger partial charge in [0.1, 0.15) is 0 Å². The maximum absolute atomic E-state index is 12.9. The normalized spacial score (nSPS) is 20.2. The van der Waals surface area contributed by atoms with E-state index < -0.39 is 0 Å². The molecular formula is C18H23ClN4O. The molecule has 0 radical (unpaired) electrons. The number of nitrogens with zero attached hydrogens (tertiary/aromatic N) is 3. The number of aromatic nitrogens is 2. The molecule has 1 aromatic heterocycles. The lowest BCUT2D eigenvalue weighted by atomic mass is 9.79. The lowest BCUT2D eigenvalue weighted by molar-refractivity contribution is 0.0532. The molecule has 3 rings (SSSR count). The second-order valence-corrected chi connectivity index (χ2v) is 7.60. The lowest BCUT2D eigenvalue weighted by Gasteiger charge is -2.42. The van der Waals surface area contributed by atoms with E-state index in [-0.39, 0.29) is 17.4 Å². The molecule has 6 heteroatoms. The minimum absolute atomic E-state index is 0.0210. The van der Waals surface area contributed by atoms with E-state index in [4.69, 9.17) is 17.3 Å². The number of hydrogen-bond acceptors (Lipinski definition) is 3. The fraction of sp³-hybridized carbons (Fsp3) is 0.444. The zero-order chi connectivity index (χ0) is 17.5. The van der Waals surface area contributed by atoms with Gasteiger partial charge in [-0.05, 0) is 43.0 Å². The summed E-state index contributed by atoms with van der Waals surface area (Å²) in [4.78, 5) is 14.8. The predicted octanol–water partition coefficient (Wildman–Crippen LogP) is 3.03. The van der Waals surface area contributed by atoms with E-state index in [0.717, 1.165) is 17.8 Å². The molecule has 128 valence electrons. The molecule has 1 saturated heterocycles. The Morgan fingerprint density at radius 1 is 1.33 bits per heavy atom. The standard InChI is InChI=1S/C18H23ClN4O/c1-12-15(10-23(21-12)14-6-4-13(19)5-7-14)17(24)22-9-8-16(20)18(2,3)11-22/h4-7,10,16H,8-9,11,20H2,1-3H3. The summed E-state index contributed by atoms with van der Waals surface area (Å²) in [6.07, 6.45) is 2.62. The molecule has 0 spiro atoms. The third-order valence-electron chi connectivity index (χ3n) is 4.82. The van der Waals surface area contributed by atoms with Gasteiger partial charge in [0, 0.05) is 30.4 Å². The number of piperidine rings is 1. The van der Waals surface area contributed by atoms with E-state index in [1.54, 1.807) is 10.9 Å². The molecule has 0 saturated carbocycles. The predicted molar refractivity (Wildman–Crippen MR) is 95.6 cm³/mol. The molecule has 1 aliphatic rings. The van der Waals surface area contributed by atoms with Crippen molar-refractivity contribution in [3.63, 3.8) is 0 Å². The van der Waals surface area contributed by atoms with E-state index in [1.807, 2.05) is 36.1 Å². The van der Waals surface area contributed by atoms with E-state index in [9.17, 15) is 4.79 Å². The summed E-state index contributed by atoms with van der Waals surface area (Å²) in [5.74, 6) is 0.0210. The third kappa shape index (κ3) is 3.19. The Kier molecular flexibility index (Phi) is 4.40. The van der Waals surface area contributed by atoms with Crippen LogP contribution in [0.2, 0.25) is 5.02 Å². The van der Waals surface area contributed by atoms with Gasteiger partial charge in [0.05, 0.1) is 16.9 Å². The summed E-state index contributed by atoms with van der Waals surface area (Å²) < 4.78 is 1.72. The topological polar surface area (TPSA) is 64.2 Å². The van der Waals surface area contributed by atoms with Gasteiger partial charge in [-0.1, -0.05) is 25.4 Å². The second kappa shape index (κ2) is 6.22. The molecule has 2 N–H and O–H groups in total. The van der Waals surface area contributed by atoms with Gasteiger partial charge in [-0.15, -0.1) is 0 Å². The molecule has 1 amide bonds. The molecule has 0 aliphatic carbocycles. The smallest absolute Gasteiger partial charge is 0.257 e. The highest BCUT2D eigenvalue weighted by atomic mass is 35.5. The number of benzene rings is 1. The summed E-state index contributed by atoms with van der Waals surface area (Å²) in [5, 5.41) is 5.15. The van der Waals surface area contributed by atoms with Gasteiger partial charge in [0.25, 0.3) is 5.91 Å². The quantitative estimate of drug-likeness (QED) is 0.909. The van der Waals surface area contributed by atoms with Crippen LogP contribution in [-0.2, 0) is 0 Å². The number of likely N-dealkylation sites (tertiary alicyclic amines) is 1. The van der Waals surface area contributed by atoms with E-state index in [1.165, 1.54) is 0 Å². The third-order valence-corrected chi connectivity index (χ3v) is 5.07. The molecule has 1 aromatic carbocycles. The van der Waals surface area contributed by atoms with Crippen molar-refractivity contribution < 1.29 is 4.79 Å². The molecular weight excluding hydrogens is 324 g/mol. The van der Waals surface area contributed by atoms with Gasteiger partial charge in [0.15, 0.2) is 0 Å². The van der Waals surface area contributed by atoms with Crippen LogP contribution in [0.4, 0.5) is 0 Å². The van der Waals surface area contributed by atoms with Crippen LogP contribution >= 0.6 is 11.6 Å². The molecule has 2 aromatic rings. The fourth-order valence-electron chi connectivity index (χ4n) is 3.11. The first kappa shape index (κ1) is 17.0. The van der Waals surface area contributed by atoms with Crippen LogP contribution in [0.15, 0.2) is 30.5 Å². The van der Waals surface area contributed by atoms with Crippen LogP contribution in [0, 0.1) is 12.3 Å². The fourth-order valence-corrected chi connectivity index (χ4v) is 3.24. The van der Waals surface area contributed by atoms with Crippen LogP contribution in [0.3, 0.4) is 0 Å². The zero-order valence-corrected chi connectivity index (χ0v) is 15.0. The van der Waals surface area contributed by atoms with Crippen LogP contribution < -0.4 is 5.73 Å². The van der Waals surface area contributed by atoms with Crippen molar-refractivity contribution in [3.05, 3.63) is 46.7 Å². The number of nitrogens with two attached hydrogens (primary N) is 1. The van der Waals surface area contributed by atoms with Gasteiger partial charge < -0.3 is 10.6 Å². The Labute approximate surface area is 147 Å². The summed E-state index contributed by atoms with van der Waals surface area (Å²) in [7, 11) is 0. The maximum Gasteiger partial charge on any atom is 0.257 e. The minimum Gasteiger partial charge on any atom is -0.338 e. The maximum atomic E-state index is 12.9. The summed E-state index contributed by atoms with van der Waals surface area (Å²) in [5.41, 5.74) is 8.33. The zero-order valence-electron chi connectivity index (χ0n) is 14.3. The summed E-state index contributed by atoms with van der Waals surface area (Å²) in [6.45, 7) is 7.44. The minimum atomic E-state index is -0.0754. The Bertz CT molecular complexity index is 751. The Morgan fingerprint density at radius 3 is 2.62 bits per heavy atom.